The minimum absolute atomic E-state index is 0.0538. The number of nitrogens with zero attached hydrogens (tertiary/aromatic N) is 5. The maximum atomic E-state index is 13.0. The maximum absolute atomic E-state index is 13.0. The fourth-order valence-corrected chi connectivity index (χ4v) is 3.78. The number of fused-ring (bicyclic) bond motifs is 1. The Bertz CT molecular complexity index is 1540. The van der Waals surface area contributed by atoms with Crippen LogP contribution in [0.5, 0.6) is 11.5 Å². The number of nitrogens with one attached hydrogen (secondary N) is 1. The van der Waals surface area contributed by atoms with Crippen molar-refractivity contribution in [3.8, 4) is 11.5 Å². The molecule has 0 radical (unpaired) electrons. The quantitative estimate of drug-likeness (QED) is 0.378. The van der Waals surface area contributed by atoms with Gasteiger partial charge in [0.05, 0.1) is 41.4 Å². The van der Waals surface area contributed by atoms with Gasteiger partial charge in [-0.15, -0.1) is 0 Å². The Morgan fingerprint density at radius 1 is 1.05 bits per heavy atom. The lowest BCUT2D eigenvalue weighted by Gasteiger charge is -2.18. The number of anilines is 2. The number of amides is 4. The van der Waals surface area contributed by atoms with E-state index in [1.165, 1.54) is 30.5 Å². The number of aromatic nitrogens is 4. The van der Waals surface area contributed by atoms with Gasteiger partial charge >= 0.3 is 12.2 Å². The number of H-pyrrole nitrogens is 1. The van der Waals surface area contributed by atoms with Crippen molar-refractivity contribution in [3.05, 3.63) is 66.2 Å². The second-order valence-electron chi connectivity index (χ2n) is 8.01. The third-order valence-corrected chi connectivity index (χ3v) is 5.47. The average molecular weight is 511 g/mol. The molecule has 1 aliphatic heterocycles. The minimum Gasteiger partial charge on any atom is -0.456 e. The number of benzene rings is 1. The van der Waals surface area contributed by atoms with Crippen LogP contribution in [0.4, 0.5) is 29.3 Å². The van der Waals surface area contributed by atoms with Crippen LogP contribution >= 0.6 is 0 Å². The van der Waals surface area contributed by atoms with Gasteiger partial charge in [0, 0.05) is 11.6 Å². The summed E-state index contributed by atoms with van der Waals surface area (Å²) in [6.07, 6.45) is -1.55. The number of carbonyl (C=O) groups excluding carboxylic acids is 3. The van der Waals surface area contributed by atoms with Crippen molar-refractivity contribution in [3.63, 3.8) is 0 Å². The molecule has 0 aliphatic carbocycles. The van der Waals surface area contributed by atoms with Crippen LogP contribution in [0.2, 0.25) is 0 Å². The van der Waals surface area contributed by atoms with Gasteiger partial charge in [-0.05, 0) is 36.4 Å². The predicted molar refractivity (Wildman–Crippen MR) is 123 cm³/mol. The molecule has 3 aromatic heterocycles. The van der Waals surface area contributed by atoms with E-state index in [2.05, 4.69) is 20.2 Å². The highest BCUT2D eigenvalue weighted by molar-refractivity contribution is 6.26. The Hall–Kier alpha value is -5.01. The molecule has 4 amide bonds. The minimum atomic E-state index is -4.65. The summed E-state index contributed by atoms with van der Waals surface area (Å²) >= 11 is 0. The van der Waals surface area contributed by atoms with Crippen molar-refractivity contribution in [2.45, 2.75) is 12.6 Å². The number of imide groups is 1. The van der Waals surface area contributed by atoms with E-state index >= 15 is 0 Å². The molecule has 37 heavy (non-hydrogen) atoms. The molecule has 1 fully saturated rings. The molecule has 4 aromatic rings. The molecular weight excluding hydrogens is 495 g/mol. The molecule has 3 N–H and O–H groups in total. The van der Waals surface area contributed by atoms with Gasteiger partial charge in [0.25, 0.3) is 5.91 Å². The van der Waals surface area contributed by atoms with Gasteiger partial charge in [-0.2, -0.15) is 18.3 Å². The first kappa shape index (κ1) is 23.7. The summed E-state index contributed by atoms with van der Waals surface area (Å²) in [6.45, 7) is -0.440. The van der Waals surface area contributed by atoms with Crippen LogP contribution < -0.4 is 20.3 Å². The summed E-state index contributed by atoms with van der Waals surface area (Å²) in [5.41, 5.74) is 5.14. The number of urea groups is 1. The second kappa shape index (κ2) is 8.89. The van der Waals surface area contributed by atoms with Crippen LogP contribution in [0.25, 0.3) is 11.0 Å². The molecule has 0 bridgehead atoms. The number of halogens is 3. The molecular formula is C23H16F3N7O4. The van der Waals surface area contributed by atoms with Crippen LogP contribution in [0, 0.1) is 0 Å². The number of carbonyl (C=O) groups is 3. The van der Waals surface area contributed by atoms with Crippen molar-refractivity contribution >= 4 is 40.3 Å². The van der Waals surface area contributed by atoms with Crippen LogP contribution in [0.3, 0.4) is 0 Å². The van der Waals surface area contributed by atoms with Crippen molar-refractivity contribution in [1.29, 1.82) is 0 Å². The summed E-state index contributed by atoms with van der Waals surface area (Å²) in [6, 6.07) is 7.52. The van der Waals surface area contributed by atoms with Gasteiger partial charge in [-0.3, -0.25) is 24.6 Å². The SMILES string of the molecule is NC(=O)Cc1[nH]nc2ncc(Oc3ccc(N4C(=O)CN(c5cncc(C(F)(F)F)c5)C4=O)cc3)cc12. The molecule has 14 heteroatoms. The number of hydrogen-bond acceptors (Lipinski definition) is 7. The molecule has 0 spiro atoms. The zero-order valence-electron chi connectivity index (χ0n) is 18.7. The van der Waals surface area contributed by atoms with Gasteiger partial charge in [-0.1, -0.05) is 0 Å². The Morgan fingerprint density at radius 3 is 2.51 bits per heavy atom. The third-order valence-electron chi connectivity index (χ3n) is 5.47. The number of hydrogen-bond donors (Lipinski definition) is 2. The third kappa shape index (κ3) is 4.63. The Balaban J connectivity index is 1.34. The highest BCUT2D eigenvalue weighted by Crippen LogP contribution is 2.33. The van der Waals surface area contributed by atoms with Gasteiger partial charge in [0.2, 0.25) is 5.91 Å². The molecule has 4 heterocycles. The smallest absolute Gasteiger partial charge is 0.417 e. The molecule has 5 rings (SSSR count). The maximum Gasteiger partial charge on any atom is 0.417 e. The zero-order valence-corrected chi connectivity index (χ0v) is 18.7. The fraction of sp³-hybridized carbons (Fsp3) is 0.130. The van der Waals surface area contributed by atoms with Crippen LogP contribution in [0.15, 0.2) is 55.0 Å². The Morgan fingerprint density at radius 2 is 1.81 bits per heavy atom. The van der Waals surface area contributed by atoms with E-state index in [0.29, 0.717) is 34.4 Å². The summed E-state index contributed by atoms with van der Waals surface area (Å²) in [5.74, 6) is -0.471. The van der Waals surface area contributed by atoms with E-state index in [4.69, 9.17) is 10.5 Å². The van der Waals surface area contributed by atoms with E-state index < -0.39 is 36.1 Å². The number of rotatable bonds is 6. The molecule has 11 nitrogen and oxygen atoms in total. The second-order valence-corrected chi connectivity index (χ2v) is 8.01. The highest BCUT2D eigenvalue weighted by atomic mass is 19.4. The molecule has 188 valence electrons. The molecule has 1 aliphatic rings. The highest BCUT2D eigenvalue weighted by Gasteiger charge is 2.39. The van der Waals surface area contributed by atoms with Gasteiger partial charge in [-0.25, -0.2) is 14.7 Å². The number of nitrogens with two attached hydrogens (primary N) is 1. The van der Waals surface area contributed by atoms with E-state index in [0.717, 1.165) is 22.1 Å². The van der Waals surface area contributed by atoms with E-state index in [1.807, 2.05) is 0 Å². The van der Waals surface area contributed by atoms with Crippen molar-refractivity contribution in [1.82, 2.24) is 20.2 Å². The van der Waals surface area contributed by atoms with Gasteiger partial charge in [0.15, 0.2) is 5.65 Å². The Kier molecular flexibility index (Phi) is 5.70. The van der Waals surface area contributed by atoms with Gasteiger partial charge in [0.1, 0.15) is 18.0 Å². The molecule has 0 saturated carbocycles. The normalized spacial score (nSPS) is 14.0. The monoisotopic (exact) mass is 511 g/mol. The molecule has 0 atom stereocenters. The lowest BCUT2D eigenvalue weighted by atomic mass is 10.2. The van der Waals surface area contributed by atoms with E-state index in [9.17, 15) is 27.6 Å². The summed E-state index contributed by atoms with van der Waals surface area (Å²) in [5, 5.41) is 7.27. The standard InChI is InChI=1S/C23H16F3N7O4/c24-23(25,26)12-5-14(9-28-8-12)32-11-20(35)33(22(32)36)13-1-3-15(4-2-13)37-16-6-17-18(7-19(27)34)30-31-21(17)29-10-16/h1-6,8-10H,7,11H2,(H2,27,34)(H,29,30,31). The van der Waals surface area contributed by atoms with Gasteiger partial charge < -0.3 is 10.5 Å². The van der Waals surface area contributed by atoms with Crippen LogP contribution in [0.1, 0.15) is 11.3 Å². The topological polar surface area (TPSA) is 147 Å². The van der Waals surface area contributed by atoms with Crippen LogP contribution in [-0.2, 0) is 22.2 Å². The summed E-state index contributed by atoms with van der Waals surface area (Å²) < 4.78 is 44.9. The number of ether oxygens (including phenoxy) is 1. The lowest BCUT2D eigenvalue weighted by Crippen LogP contribution is -2.33. The zero-order chi connectivity index (χ0) is 26.3. The van der Waals surface area contributed by atoms with Crippen molar-refractivity contribution < 1.29 is 32.3 Å². The number of pyridine rings is 2. The van der Waals surface area contributed by atoms with Crippen molar-refractivity contribution in [2.75, 3.05) is 16.3 Å². The number of primary amides is 1. The lowest BCUT2D eigenvalue weighted by molar-refractivity contribution is -0.137. The first-order chi connectivity index (χ1) is 17.6. The first-order valence-corrected chi connectivity index (χ1v) is 10.7. The van der Waals surface area contributed by atoms with Crippen molar-refractivity contribution in [2.24, 2.45) is 5.73 Å². The van der Waals surface area contributed by atoms with E-state index in [-0.39, 0.29) is 17.8 Å². The molecule has 1 aromatic carbocycles. The average Bonchev–Trinajstić information content (AvgIpc) is 3.38. The largest absolute Gasteiger partial charge is 0.456 e. The first-order valence-electron chi connectivity index (χ1n) is 10.7. The van der Waals surface area contributed by atoms with Crippen LogP contribution in [-0.4, -0.2) is 44.6 Å². The predicted octanol–water partition coefficient (Wildman–Crippen LogP) is 3.17. The summed E-state index contributed by atoms with van der Waals surface area (Å²) in [7, 11) is 0. The molecule has 0 unspecified atom stereocenters. The summed E-state index contributed by atoms with van der Waals surface area (Å²) in [4.78, 5) is 46.2. The molecule has 1 saturated heterocycles. The fourth-order valence-electron chi connectivity index (χ4n) is 3.78. The Labute approximate surface area is 205 Å². The number of aromatic amines is 1. The number of alkyl halides is 3. The van der Waals surface area contributed by atoms with E-state index in [1.54, 1.807) is 6.07 Å².